The number of nitriles is 2. The Kier molecular flexibility index (Phi) is 3.45. The van der Waals surface area contributed by atoms with E-state index < -0.39 is 23.1 Å². The normalized spacial score (nSPS) is 10.9. The Morgan fingerprint density at radius 2 is 2.00 bits per heavy atom. The molecule has 1 aromatic heterocycles. The molecule has 0 atom stereocenters. The van der Waals surface area contributed by atoms with Crippen LogP contribution in [0.15, 0.2) is 11.1 Å². The topological polar surface area (TPSA) is 140 Å². The number of nitrogen functional groups attached to an aromatic ring is 1. The van der Waals surface area contributed by atoms with E-state index >= 15 is 0 Å². The molecule has 1 rings (SSSR count). The van der Waals surface area contributed by atoms with Crippen molar-refractivity contribution in [3.8, 4) is 12.1 Å². The number of nitrogens with two attached hydrogens (primary N) is 1. The second kappa shape index (κ2) is 4.61. The highest BCUT2D eigenvalue weighted by Gasteiger charge is 2.27. The molecule has 84 valence electrons. The zero-order valence-corrected chi connectivity index (χ0v) is 8.90. The van der Waals surface area contributed by atoms with Gasteiger partial charge in [0.2, 0.25) is 10.0 Å². The van der Waals surface area contributed by atoms with Gasteiger partial charge in [-0.25, -0.2) is 8.42 Å². The minimum Gasteiger partial charge on any atom is -0.383 e. The summed E-state index contributed by atoms with van der Waals surface area (Å²) in [5.41, 5.74) is 5.37. The minimum absolute atomic E-state index is 0.124. The van der Waals surface area contributed by atoms with Gasteiger partial charge in [0.25, 0.3) is 0 Å². The van der Waals surface area contributed by atoms with Gasteiger partial charge in [0, 0.05) is 0 Å². The lowest BCUT2D eigenvalue weighted by Crippen LogP contribution is -2.32. The molecule has 0 radical (unpaired) electrons. The fraction of sp³-hybridized carbons (Fsp3) is 0.286. The Hall–Kier alpha value is -2.10. The number of sulfonamides is 1. The number of aromatic amines is 1. The van der Waals surface area contributed by atoms with Gasteiger partial charge >= 0.3 is 0 Å². The lowest BCUT2D eigenvalue weighted by Gasteiger charge is -2.14. The summed E-state index contributed by atoms with van der Waals surface area (Å²) in [6, 6.07) is 3.33. The van der Waals surface area contributed by atoms with Gasteiger partial charge in [0.1, 0.15) is 23.8 Å². The highest BCUT2D eigenvalue weighted by Crippen LogP contribution is 2.18. The number of hydrogen-bond acceptors (Lipinski definition) is 6. The van der Waals surface area contributed by atoms with Crippen molar-refractivity contribution in [2.75, 3.05) is 18.8 Å². The molecule has 0 amide bonds. The van der Waals surface area contributed by atoms with E-state index in [0.717, 1.165) is 6.20 Å². The van der Waals surface area contributed by atoms with Crippen LogP contribution in [-0.2, 0) is 10.0 Å². The fourth-order valence-electron chi connectivity index (χ4n) is 1.01. The first-order chi connectivity index (χ1) is 7.54. The van der Waals surface area contributed by atoms with E-state index in [1.807, 2.05) is 0 Å². The molecular weight excluding hydrogens is 232 g/mol. The summed E-state index contributed by atoms with van der Waals surface area (Å²) < 4.78 is 24.5. The molecule has 0 aliphatic heterocycles. The Morgan fingerprint density at radius 3 is 2.38 bits per heavy atom. The fourth-order valence-corrected chi connectivity index (χ4v) is 2.26. The Labute approximate surface area is 91.9 Å². The van der Waals surface area contributed by atoms with Crippen LogP contribution in [-0.4, -0.2) is 36.0 Å². The van der Waals surface area contributed by atoms with Gasteiger partial charge in [-0.15, -0.1) is 0 Å². The zero-order chi connectivity index (χ0) is 12.2. The number of aromatic nitrogens is 2. The monoisotopic (exact) mass is 240 g/mol. The minimum atomic E-state index is -3.94. The molecule has 16 heavy (non-hydrogen) atoms. The van der Waals surface area contributed by atoms with Crippen molar-refractivity contribution < 1.29 is 8.42 Å². The van der Waals surface area contributed by atoms with Gasteiger partial charge in [-0.05, 0) is 0 Å². The molecule has 0 fully saturated rings. The summed E-state index contributed by atoms with van der Waals surface area (Å²) >= 11 is 0. The van der Waals surface area contributed by atoms with Crippen molar-refractivity contribution in [2.24, 2.45) is 0 Å². The predicted octanol–water partition coefficient (Wildman–Crippen LogP) is -0.970. The molecule has 0 saturated heterocycles. The standard InChI is InChI=1S/C7H8N6O2S/c8-1-3-13(4-2-9)16(14,15)6-5-11-12-7(6)10/h5H,3-4H2,(H3,10,11,12). The molecule has 0 aliphatic carbocycles. The molecule has 8 nitrogen and oxygen atoms in total. The van der Waals surface area contributed by atoms with Gasteiger partial charge in [-0.3, -0.25) is 5.10 Å². The molecule has 3 N–H and O–H groups in total. The zero-order valence-electron chi connectivity index (χ0n) is 8.08. The van der Waals surface area contributed by atoms with Gasteiger partial charge in [0.15, 0.2) is 0 Å². The van der Waals surface area contributed by atoms with Crippen LogP contribution >= 0.6 is 0 Å². The maximum absolute atomic E-state index is 11.9. The molecule has 0 aromatic carbocycles. The van der Waals surface area contributed by atoms with Gasteiger partial charge in [-0.1, -0.05) is 0 Å². The van der Waals surface area contributed by atoms with Crippen molar-refractivity contribution in [3.05, 3.63) is 6.20 Å². The first kappa shape index (κ1) is 12.0. The van der Waals surface area contributed by atoms with Crippen LogP contribution in [0.4, 0.5) is 5.82 Å². The maximum Gasteiger partial charge on any atom is 0.250 e. The van der Waals surface area contributed by atoms with Crippen molar-refractivity contribution >= 4 is 15.8 Å². The van der Waals surface area contributed by atoms with E-state index in [-0.39, 0.29) is 10.7 Å². The highest BCUT2D eigenvalue weighted by atomic mass is 32.2. The van der Waals surface area contributed by atoms with E-state index in [9.17, 15) is 8.42 Å². The van der Waals surface area contributed by atoms with Crippen LogP contribution in [0, 0.1) is 22.7 Å². The summed E-state index contributed by atoms with van der Waals surface area (Å²) in [6.45, 7) is -0.832. The summed E-state index contributed by atoms with van der Waals surface area (Å²) in [5, 5.41) is 22.7. The third-order valence-electron chi connectivity index (χ3n) is 1.74. The Morgan fingerprint density at radius 1 is 1.44 bits per heavy atom. The van der Waals surface area contributed by atoms with E-state index in [0.29, 0.717) is 4.31 Å². The maximum atomic E-state index is 11.9. The van der Waals surface area contributed by atoms with Gasteiger partial charge in [0.05, 0.1) is 18.3 Å². The van der Waals surface area contributed by atoms with Crippen LogP contribution in [0.25, 0.3) is 0 Å². The third kappa shape index (κ3) is 2.11. The van der Waals surface area contributed by atoms with Crippen LogP contribution in [0.1, 0.15) is 0 Å². The smallest absolute Gasteiger partial charge is 0.250 e. The Bertz CT molecular complexity index is 532. The van der Waals surface area contributed by atoms with Crippen LogP contribution in [0.2, 0.25) is 0 Å². The number of H-pyrrole nitrogens is 1. The number of rotatable bonds is 4. The molecule has 0 spiro atoms. The molecule has 0 bridgehead atoms. The van der Waals surface area contributed by atoms with Crippen LogP contribution in [0.5, 0.6) is 0 Å². The first-order valence-corrected chi connectivity index (χ1v) is 5.51. The number of nitrogens with zero attached hydrogens (tertiary/aromatic N) is 4. The molecule has 9 heteroatoms. The van der Waals surface area contributed by atoms with Crippen LogP contribution < -0.4 is 5.73 Å². The van der Waals surface area contributed by atoms with Crippen molar-refractivity contribution in [3.63, 3.8) is 0 Å². The second-order valence-electron chi connectivity index (χ2n) is 2.74. The highest BCUT2D eigenvalue weighted by molar-refractivity contribution is 7.89. The number of hydrogen-bond donors (Lipinski definition) is 2. The third-order valence-corrected chi connectivity index (χ3v) is 3.56. The molecule has 0 aliphatic rings. The van der Waals surface area contributed by atoms with E-state index in [2.05, 4.69) is 10.2 Å². The average Bonchev–Trinajstić information content (AvgIpc) is 2.65. The predicted molar refractivity (Wildman–Crippen MR) is 53.0 cm³/mol. The quantitative estimate of drug-likeness (QED) is 0.649. The summed E-state index contributed by atoms with van der Waals surface area (Å²) in [5.74, 6) is -0.124. The second-order valence-corrected chi connectivity index (χ2v) is 4.64. The average molecular weight is 240 g/mol. The molecule has 1 aromatic rings. The first-order valence-electron chi connectivity index (χ1n) is 4.07. The number of anilines is 1. The van der Waals surface area contributed by atoms with Crippen LogP contribution in [0.3, 0.4) is 0 Å². The number of nitrogens with one attached hydrogen (secondary N) is 1. The molecule has 0 saturated carbocycles. The van der Waals surface area contributed by atoms with Gasteiger partial charge in [-0.2, -0.15) is 19.9 Å². The van der Waals surface area contributed by atoms with Crippen molar-refractivity contribution in [1.29, 1.82) is 10.5 Å². The van der Waals surface area contributed by atoms with E-state index in [1.54, 1.807) is 12.1 Å². The van der Waals surface area contributed by atoms with Gasteiger partial charge < -0.3 is 5.73 Å². The molecule has 1 heterocycles. The summed E-state index contributed by atoms with van der Waals surface area (Å²) in [7, 11) is -3.94. The summed E-state index contributed by atoms with van der Waals surface area (Å²) in [4.78, 5) is -0.238. The van der Waals surface area contributed by atoms with E-state index in [1.165, 1.54) is 0 Å². The summed E-state index contributed by atoms with van der Waals surface area (Å²) in [6.07, 6.45) is 1.03. The molecule has 0 unspecified atom stereocenters. The Balaban J connectivity index is 3.15. The van der Waals surface area contributed by atoms with Crippen molar-refractivity contribution in [2.45, 2.75) is 4.90 Å². The van der Waals surface area contributed by atoms with E-state index in [4.69, 9.17) is 16.3 Å². The molecular formula is C7H8N6O2S. The largest absolute Gasteiger partial charge is 0.383 e. The lowest BCUT2D eigenvalue weighted by atomic mass is 10.6. The van der Waals surface area contributed by atoms with Crippen molar-refractivity contribution in [1.82, 2.24) is 14.5 Å². The lowest BCUT2D eigenvalue weighted by molar-refractivity contribution is 0.480. The SMILES string of the molecule is N#CCN(CC#N)S(=O)(=O)c1cn[nH]c1N.